The summed E-state index contributed by atoms with van der Waals surface area (Å²) in [6.07, 6.45) is 3.23. The number of nitrogens with zero attached hydrogens (tertiary/aromatic N) is 5. The lowest BCUT2D eigenvalue weighted by atomic mass is 9.93. The van der Waals surface area contributed by atoms with Crippen molar-refractivity contribution in [3.05, 3.63) is 88.5 Å². The normalized spacial score (nSPS) is 17.2. The van der Waals surface area contributed by atoms with Crippen molar-refractivity contribution in [1.82, 2.24) is 14.5 Å². The van der Waals surface area contributed by atoms with Crippen molar-refractivity contribution in [1.29, 1.82) is 0 Å². The molecular weight excluding hydrogens is 544 g/mol. The molecule has 9 nitrogen and oxygen atoms in total. The van der Waals surface area contributed by atoms with Crippen LogP contribution in [0.25, 0.3) is 15.9 Å². The summed E-state index contributed by atoms with van der Waals surface area (Å²) in [5.74, 6) is -0.343. The van der Waals surface area contributed by atoms with Gasteiger partial charge in [0.2, 0.25) is 5.88 Å². The van der Waals surface area contributed by atoms with Crippen molar-refractivity contribution in [3.8, 4) is 5.88 Å². The Morgan fingerprint density at radius 1 is 1.12 bits per heavy atom. The van der Waals surface area contributed by atoms with Crippen LogP contribution < -0.4 is 9.64 Å². The van der Waals surface area contributed by atoms with Crippen LogP contribution in [0.1, 0.15) is 41.0 Å². The predicted octanol–water partition coefficient (Wildman–Crippen LogP) is 5.79. The van der Waals surface area contributed by atoms with E-state index < -0.39 is 17.6 Å². The molecule has 0 radical (unpaired) electrons. The zero-order valence-electron chi connectivity index (χ0n) is 22.8. The molecule has 4 aromatic rings. The molecule has 2 aromatic heterocycles. The number of carboxylic acids is 1. The molecule has 2 fully saturated rings. The monoisotopic (exact) mass is 573 g/mol. The number of hydrogen-bond acceptors (Lipinski definition) is 6. The van der Waals surface area contributed by atoms with Gasteiger partial charge in [0, 0.05) is 37.7 Å². The van der Waals surface area contributed by atoms with Gasteiger partial charge in [-0.2, -0.15) is 4.98 Å². The molecule has 0 amide bonds. The Hall–Kier alpha value is -4.56. The van der Waals surface area contributed by atoms with Crippen LogP contribution in [0.5, 0.6) is 5.88 Å². The molecule has 0 aliphatic carbocycles. The van der Waals surface area contributed by atoms with Crippen LogP contribution in [0, 0.1) is 24.1 Å². The molecule has 2 aromatic carbocycles. The molecule has 42 heavy (non-hydrogen) atoms. The smallest absolute Gasteiger partial charge is 0.338 e. The lowest BCUT2D eigenvalue weighted by Gasteiger charge is -2.33. The van der Waals surface area contributed by atoms with Gasteiger partial charge in [0.1, 0.15) is 29.6 Å². The highest BCUT2D eigenvalue weighted by molar-refractivity contribution is 5.93. The van der Waals surface area contributed by atoms with Crippen LogP contribution in [-0.2, 0) is 24.3 Å². The fourth-order valence-corrected chi connectivity index (χ4v) is 5.54. The summed E-state index contributed by atoms with van der Waals surface area (Å²) >= 11 is 0. The largest absolute Gasteiger partial charge is 0.478 e. The molecule has 1 atom stereocenters. The SMILES string of the molecule is [C-]#[N+]c1ccc(COc2cccc(N3CCC(Cc4nc5ccc(C(=O)O)c(F)c5n4C[C@@H]4CCO4)CC3)n2)c(F)c1. The van der Waals surface area contributed by atoms with E-state index in [1.54, 1.807) is 24.3 Å². The maximum absolute atomic E-state index is 15.3. The number of anilines is 1. The Morgan fingerprint density at radius 3 is 2.62 bits per heavy atom. The number of carbonyl (C=O) groups is 1. The van der Waals surface area contributed by atoms with Gasteiger partial charge in [-0.15, -0.1) is 0 Å². The van der Waals surface area contributed by atoms with Crippen LogP contribution in [0.4, 0.5) is 20.3 Å². The summed E-state index contributed by atoms with van der Waals surface area (Å²) in [6, 6.07) is 12.6. The quantitative estimate of drug-likeness (QED) is 0.254. The van der Waals surface area contributed by atoms with Gasteiger partial charge >= 0.3 is 5.97 Å². The summed E-state index contributed by atoms with van der Waals surface area (Å²) in [4.78, 5) is 26.3. The average molecular weight is 574 g/mol. The van der Waals surface area contributed by atoms with Crippen LogP contribution in [0.2, 0.25) is 0 Å². The number of carboxylic acid groups (broad SMARTS) is 1. The molecule has 2 aliphatic heterocycles. The van der Waals surface area contributed by atoms with E-state index in [0.29, 0.717) is 42.5 Å². The molecule has 11 heteroatoms. The van der Waals surface area contributed by atoms with Gasteiger partial charge in [-0.1, -0.05) is 18.2 Å². The first-order valence-electron chi connectivity index (χ1n) is 13.9. The summed E-state index contributed by atoms with van der Waals surface area (Å²) in [5, 5.41) is 9.43. The summed E-state index contributed by atoms with van der Waals surface area (Å²) in [5.41, 5.74) is 0.904. The highest BCUT2D eigenvalue weighted by Gasteiger charge is 2.28. The highest BCUT2D eigenvalue weighted by Crippen LogP contribution is 2.30. The standard InChI is InChI=1S/C31H29F2N5O4/c1-34-21-6-5-20(24(32)16-21)18-42-28-4-2-3-26(36-28)37-12-9-19(10-13-37)15-27-35-25-8-7-23(31(39)40)29(33)30(25)38(27)17-22-11-14-41-22/h2-8,16,19,22H,9-15,17-18H2,(H,39,40)/t22-/m0/s1. The van der Waals surface area contributed by atoms with E-state index in [-0.39, 0.29) is 29.5 Å². The van der Waals surface area contributed by atoms with E-state index in [4.69, 9.17) is 21.0 Å². The number of benzene rings is 2. The number of ether oxygens (including phenoxy) is 2. The maximum atomic E-state index is 15.3. The number of rotatable bonds is 9. The zero-order valence-corrected chi connectivity index (χ0v) is 22.8. The number of hydrogen-bond donors (Lipinski definition) is 1. The lowest BCUT2D eigenvalue weighted by Crippen LogP contribution is -2.35. The number of fused-ring (bicyclic) bond motifs is 1. The number of aromatic nitrogens is 3. The molecule has 6 rings (SSSR count). The molecule has 2 aliphatic rings. The van der Waals surface area contributed by atoms with Gasteiger partial charge in [0.25, 0.3) is 0 Å². The molecule has 216 valence electrons. The van der Waals surface area contributed by atoms with E-state index >= 15 is 4.39 Å². The fourth-order valence-electron chi connectivity index (χ4n) is 5.54. The van der Waals surface area contributed by atoms with E-state index in [0.717, 1.165) is 44.0 Å². The van der Waals surface area contributed by atoms with Gasteiger partial charge in [0.05, 0.1) is 30.3 Å². The first-order valence-corrected chi connectivity index (χ1v) is 13.9. The van der Waals surface area contributed by atoms with Gasteiger partial charge in [0.15, 0.2) is 11.5 Å². The Balaban J connectivity index is 1.12. The third kappa shape index (κ3) is 5.63. The molecule has 2 saturated heterocycles. The maximum Gasteiger partial charge on any atom is 0.338 e. The molecule has 0 spiro atoms. The number of halogens is 2. The second-order valence-corrected chi connectivity index (χ2v) is 10.7. The molecule has 1 N–H and O–H groups in total. The second kappa shape index (κ2) is 11.7. The first kappa shape index (κ1) is 27.6. The average Bonchev–Trinajstić information content (AvgIpc) is 3.32. The Kier molecular flexibility index (Phi) is 7.71. The van der Waals surface area contributed by atoms with Crippen molar-refractivity contribution in [2.24, 2.45) is 5.92 Å². The minimum Gasteiger partial charge on any atom is -0.478 e. The number of pyridine rings is 1. The van der Waals surface area contributed by atoms with Crippen LogP contribution in [0.15, 0.2) is 48.5 Å². The third-order valence-corrected chi connectivity index (χ3v) is 8.00. The molecule has 0 unspecified atom stereocenters. The first-order chi connectivity index (χ1) is 20.4. The van der Waals surface area contributed by atoms with Crippen molar-refractivity contribution < 1.29 is 28.2 Å². The molecule has 4 heterocycles. The highest BCUT2D eigenvalue weighted by atomic mass is 19.1. The summed E-state index contributed by atoms with van der Waals surface area (Å²) in [6.45, 7) is 9.64. The topological polar surface area (TPSA) is 94.1 Å². The van der Waals surface area contributed by atoms with E-state index in [1.165, 1.54) is 12.1 Å². The molecule has 0 saturated carbocycles. The Morgan fingerprint density at radius 2 is 1.93 bits per heavy atom. The Labute approximate surface area is 241 Å². The molecule has 0 bridgehead atoms. The van der Waals surface area contributed by atoms with Crippen molar-refractivity contribution in [2.75, 3.05) is 24.6 Å². The van der Waals surface area contributed by atoms with Gasteiger partial charge in [-0.3, -0.25) is 0 Å². The minimum atomic E-state index is -1.30. The van der Waals surface area contributed by atoms with Gasteiger partial charge in [-0.25, -0.2) is 23.4 Å². The van der Waals surface area contributed by atoms with Crippen molar-refractivity contribution in [3.63, 3.8) is 0 Å². The van der Waals surface area contributed by atoms with E-state index in [2.05, 4.69) is 14.7 Å². The second-order valence-electron chi connectivity index (χ2n) is 10.7. The van der Waals surface area contributed by atoms with Gasteiger partial charge in [-0.05, 0) is 49.4 Å². The van der Waals surface area contributed by atoms with Crippen LogP contribution in [-0.4, -0.2) is 51.4 Å². The van der Waals surface area contributed by atoms with Crippen LogP contribution >= 0.6 is 0 Å². The van der Waals surface area contributed by atoms with E-state index in [1.807, 2.05) is 16.7 Å². The Bertz CT molecular complexity index is 1670. The van der Waals surface area contributed by atoms with Gasteiger partial charge < -0.3 is 24.0 Å². The van der Waals surface area contributed by atoms with Crippen molar-refractivity contribution >= 4 is 28.5 Å². The molecular formula is C31H29F2N5O4. The number of piperidine rings is 1. The number of imidazole rings is 1. The van der Waals surface area contributed by atoms with Crippen molar-refractivity contribution in [2.45, 2.75) is 44.9 Å². The summed E-state index contributed by atoms with van der Waals surface area (Å²) in [7, 11) is 0. The zero-order chi connectivity index (χ0) is 29.2. The van der Waals surface area contributed by atoms with E-state index in [9.17, 15) is 14.3 Å². The third-order valence-electron chi connectivity index (χ3n) is 8.00. The summed E-state index contributed by atoms with van der Waals surface area (Å²) < 4.78 is 42.7. The minimum absolute atomic E-state index is 0.00406. The van der Waals surface area contributed by atoms with Crippen LogP contribution in [0.3, 0.4) is 0 Å². The number of aromatic carboxylic acids is 1. The predicted molar refractivity (Wildman–Crippen MR) is 151 cm³/mol. The lowest BCUT2D eigenvalue weighted by molar-refractivity contribution is -0.0591. The fraction of sp³-hybridized carbons (Fsp3) is 0.355.